The lowest BCUT2D eigenvalue weighted by molar-refractivity contribution is -0.157. The fraction of sp³-hybridized carbons (Fsp3) is 0.474. The van der Waals surface area contributed by atoms with Crippen LogP contribution in [0.25, 0.3) is 0 Å². The Morgan fingerprint density at radius 3 is 2.62 bits per heavy atom. The molecule has 158 valence electrons. The van der Waals surface area contributed by atoms with Crippen LogP contribution in [0.15, 0.2) is 30.3 Å². The lowest BCUT2D eigenvalue weighted by Gasteiger charge is -2.14. The number of aliphatic carboxylic acids is 1. The molecule has 1 heterocycles. The molecule has 0 saturated carbocycles. The molecule has 1 aliphatic heterocycles. The van der Waals surface area contributed by atoms with E-state index < -0.39 is 30.4 Å². The second-order valence-electron chi connectivity index (χ2n) is 6.12. The van der Waals surface area contributed by atoms with E-state index in [0.717, 1.165) is 0 Å². The van der Waals surface area contributed by atoms with E-state index in [2.05, 4.69) is 10.1 Å². The summed E-state index contributed by atoms with van der Waals surface area (Å²) in [6.07, 6.45) is 0.505. The number of carboxylic acid groups (broad SMARTS) is 1. The summed E-state index contributed by atoms with van der Waals surface area (Å²) in [4.78, 5) is 46.9. The molecular weight excluding hydrogens is 402 g/mol. The molecule has 0 amide bonds. The van der Waals surface area contributed by atoms with Crippen LogP contribution in [0.3, 0.4) is 0 Å². The van der Waals surface area contributed by atoms with Crippen molar-refractivity contribution in [3.8, 4) is 0 Å². The smallest absolute Gasteiger partial charge is 0.345 e. The zero-order valence-electron chi connectivity index (χ0n) is 15.9. The highest BCUT2D eigenvalue weighted by Gasteiger charge is 2.32. The van der Waals surface area contributed by atoms with Crippen molar-refractivity contribution in [2.45, 2.75) is 24.8 Å². The fourth-order valence-corrected chi connectivity index (χ4v) is 3.69. The molecule has 1 aliphatic rings. The summed E-state index contributed by atoms with van der Waals surface area (Å²) in [6.45, 7) is 1.80. The van der Waals surface area contributed by atoms with E-state index in [-0.39, 0.29) is 29.6 Å². The Labute approximate surface area is 172 Å². The number of hydrogen-bond acceptors (Lipinski definition) is 9. The summed E-state index contributed by atoms with van der Waals surface area (Å²) in [7, 11) is 0. The maximum atomic E-state index is 12.0. The Morgan fingerprint density at radius 2 is 1.97 bits per heavy atom. The van der Waals surface area contributed by atoms with Crippen LogP contribution in [-0.4, -0.2) is 66.0 Å². The average Bonchev–Trinajstić information content (AvgIpc) is 3.17. The van der Waals surface area contributed by atoms with Gasteiger partial charge in [-0.25, -0.2) is 4.79 Å². The molecule has 0 aliphatic carbocycles. The van der Waals surface area contributed by atoms with Gasteiger partial charge in [0.1, 0.15) is 6.04 Å². The maximum absolute atomic E-state index is 12.0. The van der Waals surface area contributed by atoms with Crippen molar-refractivity contribution >= 4 is 35.6 Å². The number of rotatable bonds is 10. The molecule has 1 aromatic rings. The molecule has 1 fully saturated rings. The van der Waals surface area contributed by atoms with E-state index in [1.165, 1.54) is 23.9 Å². The van der Waals surface area contributed by atoms with Gasteiger partial charge in [0.15, 0.2) is 5.92 Å². The van der Waals surface area contributed by atoms with Gasteiger partial charge in [0.2, 0.25) is 0 Å². The van der Waals surface area contributed by atoms with Gasteiger partial charge in [0.25, 0.3) is 0 Å². The predicted molar refractivity (Wildman–Crippen MR) is 103 cm³/mol. The number of hydrogen-bond donors (Lipinski definition) is 2. The third kappa shape index (κ3) is 7.15. The summed E-state index contributed by atoms with van der Waals surface area (Å²) in [6, 6.07) is 7.42. The summed E-state index contributed by atoms with van der Waals surface area (Å²) < 4.78 is 14.9. The van der Waals surface area contributed by atoms with Gasteiger partial charge >= 0.3 is 23.9 Å². The molecule has 1 aromatic carbocycles. The van der Waals surface area contributed by atoms with E-state index in [4.69, 9.17) is 9.47 Å². The number of esters is 3. The summed E-state index contributed by atoms with van der Waals surface area (Å²) in [5.74, 6) is -4.87. The van der Waals surface area contributed by atoms with Crippen LogP contribution in [0.5, 0.6) is 0 Å². The van der Waals surface area contributed by atoms with E-state index in [1.807, 2.05) is 0 Å². The van der Waals surface area contributed by atoms with E-state index >= 15 is 0 Å². The van der Waals surface area contributed by atoms with Gasteiger partial charge in [-0.1, -0.05) is 18.2 Å². The molecule has 10 heteroatoms. The van der Waals surface area contributed by atoms with E-state index in [0.29, 0.717) is 18.8 Å². The van der Waals surface area contributed by atoms with Gasteiger partial charge in [-0.2, -0.15) is 0 Å². The van der Waals surface area contributed by atoms with Crippen LogP contribution >= 0.6 is 11.8 Å². The first-order valence-corrected chi connectivity index (χ1v) is 10.1. The van der Waals surface area contributed by atoms with Gasteiger partial charge in [0.05, 0.1) is 24.2 Å². The van der Waals surface area contributed by atoms with E-state index in [1.54, 1.807) is 25.1 Å². The van der Waals surface area contributed by atoms with Crippen LogP contribution in [-0.2, 0) is 28.6 Å². The molecular formula is C19H23NO8S. The van der Waals surface area contributed by atoms with Crippen molar-refractivity contribution in [1.82, 2.24) is 5.32 Å². The van der Waals surface area contributed by atoms with Crippen molar-refractivity contribution in [2.24, 2.45) is 5.92 Å². The minimum Gasteiger partial charge on any atom is -0.481 e. The molecule has 3 atom stereocenters. The number of benzene rings is 1. The monoisotopic (exact) mass is 425 g/mol. The Kier molecular flexibility index (Phi) is 9.10. The summed E-state index contributed by atoms with van der Waals surface area (Å²) in [5.41, 5.74) is 0.145. The normalized spacial score (nSPS) is 19.3. The van der Waals surface area contributed by atoms with Crippen molar-refractivity contribution in [2.75, 3.05) is 25.6 Å². The molecule has 0 aromatic heterocycles. The quantitative estimate of drug-likeness (QED) is 0.319. The van der Waals surface area contributed by atoms with Crippen molar-refractivity contribution in [3.05, 3.63) is 35.9 Å². The minimum atomic E-state index is -1.61. The highest BCUT2D eigenvalue weighted by Crippen LogP contribution is 2.22. The molecule has 2 N–H and O–H groups in total. The number of ether oxygens (including phenoxy) is 3. The van der Waals surface area contributed by atoms with Crippen LogP contribution < -0.4 is 5.32 Å². The third-order valence-electron chi connectivity index (χ3n) is 4.02. The van der Waals surface area contributed by atoms with Gasteiger partial charge in [0, 0.05) is 12.4 Å². The first-order chi connectivity index (χ1) is 13.9. The Hall–Kier alpha value is -2.43. The standard InChI is InChI=1S/C19H23NO8S/c1-2-27-19(25)14-11-29-15(20-14)8-9-26-10-13(16(21)22)18(24)28-17(23)12-6-4-3-5-7-12/h3-7,13-15,20H,2,8-11H2,1H3,(H,21,22)/t13?,14-,15?/m0/s1. The molecule has 29 heavy (non-hydrogen) atoms. The van der Waals surface area contributed by atoms with Crippen molar-refractivity contribution in [1.29, 1.82) is 0 Å². The number of carbonyl (C=O) groups is 4. The summed E-state index contributed by atoms with van der Waals surface area (Å²) >= 11 is 1.54. The lowest BCUT2D eigenvalue weighted by atomic mass is 10.1. The largest absolute Gasteiger partial charge is 0.481 e. The minimum absolute atomic E-state index is 0.0423. The van der Waals surface area contributed by atoms with Crippen LogP contribution in [0.4, 0.5) is 0 Å². The van der Waals surface area contributed by atoms with Crippen molar-refractivity contribution < 1.29 is 38.5 Å². The molecule has 2 unspecified atom stereocenters. The molecule has 2 rings (SSSR count). The highest BCUT2D eigenvalue weighted by molar-refractivity contribution is 8.00. The van der Waals surface area contributed by atoms with Gasteiger partial charge < -0.3 is 19.3 Å². The Balaban J connectivity index is 1.74. The SMILES string of the molecule is CCOC(=O)[C@@H]1CSC(CCOCC(C(=O)O)C(=O)OC(=O)c2ccccc2)N1. The fourth-order valence-electron chi connectivity index (χ4n) is 2.51. The van der Waals surface area contributed by atoms with Crippen LogP contribution in [0.2, 0.25) is 0 Å². The van der Waals surface area contributed by atoms with Gasteiger partial charge in [-0.3, -0.25) is 19.7 Å². The lowest BCUT2D eigenvalue weighted by Crippen LogP contribution is -2.38. The highest BCUT2D eigenvalue weighted by atomic mass is 32.2. The average molecular weight is 425 g/mol. The summed E-state index contributed by atoms with van der Waals surface area (Å²) in [5, 5.41) is 12.3. The van der Waals surface area contributed by atoms with Gasteiger partial charge in [-0.05, 0) is 25.5 Å². The number of nitrogens with one attached hydrogen (secondary N) is 1. The first kappa shape index (κ1) is 22.9. The number of thioether (sulfide) groups is 1. The Bertz CT molecular complexity index is 726. The van der Waals surface area contributed by atoms with Gasteiger partial charge in [-0.15, -0.1) is 11.8 Å². The van der Waals surface area contributed by atoms with E-state index in [9.17, 15) is 24.3 Å². The molecule has 0 spiro atoms. The zero-order valence-corrected chi connectivity index (χ0v) is 16.7. The number of carbonyl (C=O) groups excluding carboxylic acids is 3. The second kappa shape index (κ2) is 11.5. The molecule has 0 bridgehead atoms. The first-order valence-electron chi connectivity index (χ1n) is 9.08. The maximum Gasteiger partial charge on any atom is 0.345 e. The predicted octanol–water partition coefficient (Wildman–Crippen LogP) is 1.07. The molecule has 0 radical (unpaired) electrons. The van der Waals surface area contributed by atoms with Crippen molar-refractivity contribution in [3.63, 3.8) is 0 Å². The topological polar surface area (TPSA) is 128 Å². The molecule has 1 saturated heterocycles. The zero-order chi connectivity index (χ0) is 21.2. The van der Waals surface area contributed by atoms with Crippen LogP contribution in [0.1, 0.15) is 23.7 Å². The van der Waals surface area contributed by atoms with Crippen LogP contribution in [0, 0.1) is 5.92 Å². The third-order valence-corrected chi connectivity index (χ3v) is 5.32. The molecule has 9 nitrogen and oxygen atoms in total. The number of carboxylic acids is 1. The second-order valence-corrected chi connectivity index (χ2v) is 7.36. The Morgan fingerprint density at radius 1 is 1.24 bits per heavy atom.